The molecule has 2 N–H and O–H groups in total. The molecule has 1 heterocycles. The number of rotatable bonds is 2. The van der Waals surface area contributed by atoms with Gasteiger partial charge in [-0.3, -0.25) is 9.78 Å². The van der Waals surface area contributed by atoms with Crippen molar-refractivity contribution >= 4 is 5.95 Å². The Labute approximate surface area is 95.5 Å². The molecule has 0 atom stereocenters. The van der Waals surface area contributed by atoms with Crippen LogP contribution >= 0.6 is 0 Å². The van der Waals surface area contributed by atoms with Crippen LogP contribution in [0.5, 0.6) is 0 Å². The third-order valence-electron chi connectivity index (χ3n) is 3.07. The molecule has 0 aromatic carbocycles. The van der Waals surface area contributed by atoms with Gasteiger partial charge in [-0.15, -0.1) is 0 Å². The van der Waals surface area contributed by atoms with Crippen molar-refractivity contribution in [1.82, 2.24) is 9.97 Å². The van der Waals surface area contributed by atoms with E-state index in [4.69, 9.17) is 0 Å². The molecule has 0 saturated heterocycles. The molecule has 4 nitrogen and oxygen atoms in total. The van der Waals surface area contributed by atoms with E-state index in [-0.39, 0.29) is 5.56 Å². The van der Waals surface area contributed by atoms with Gasteiger partial charge in [0.25, 0.3) is 5.56 Å². The third kappa shape index (κ3) is 3.08. The number of H-pyrrole nitrogens is 1. The molecule has 0 aliphatic heterocycles. The van der Waals surface area contributed by atoms with E-state index < -0.39 is 0 Å². The van der Waals surface area contributed by atoms with E-state index >= 15 is 0 Å². The summed E-state index contributed by atoms with van der Waals surface area (Å²) < 4.78 is 0. The van der Waals surface area contributed by atoms with Crippen molar-refractivity contribution in [2.45, 2.75) is 51.5 Å². The largest absolute Gasteiger partial charge is 0.353 e. The number of aromatic amines is 1. The molecule has 2 rings (SSSR count). The van der Waals surface area contributed by atoms with Gasteiger partial charge in [-0.2, -0.15) is 0 Å². The molecule has 0 amide bonds. The Kier molecular flexibility index (Phi) is 3.59. The first-order chi connectivity index (χ1) is 7.74. The summed E-state index contributed by atoms with van der Waals surface area (Å²) in [4.78, 5) is 18.3. The van der Waals surface area contributed by atoms with Crippen LogP contribution < -0.4 is 10.9 Å². The number of hydrogen-bond donors (Lipinski definition) is 2. The molecule has 0 radical (unpaired) electrons. The minimum atomic E-state index is -0.0800. The van der Waals surface area contributed by atoms with Gasteiger partial charge in [-0.25, -0.2) is 4.98 Å². The summed E-state index contributed by atoms with van der Waals surface area (Å²) in [7, 11) is 0. The Hall–Kier alpha value is -1.32. The van der Waals surface area contributed by atoms with Crippen molar-refractivity contribution in [3.8, 4) is 0 Å². The fraction of sp³-hybridized carbons (Fsp3) is 0.667. The number of aryl methyl sites for hydroxylation is 1. The minimum absolute atomic E-state index is 0.0800. The molecular weight excluding hydrogens is 202 g/mol. The summed E-state index contributed by atoms with van der Waals surface area (Å²) >= 11 is 0. The highest BCUT2D eigenvalue weighted by Crippen LogP contribution is 2.19. The second-order valence-electron chi connectivity index (χ2n) is 4.57. The molecule has 16 heavy (non-hydrogen) atoms. The van der Waals surface area contributed by atoms with Crippen molar-refractivity contribution in [3.63, 3.8) is 0 Å². The standard InChI is InChI=1S/C12H19N3O/c1-9-8-11(16)15-12(13-9)14-10-6-4-2-3-5-7-10/h8,10H,2-7H2,1H3,(H2,13,14,15,16). The average Bonchev–Trinajstić information content (AvgIpc) is 2.44. The molecule has 1 aromatic heterocycles. The van der Waals surface area contributed by atoms with Crippen molar-refractivity contribution in [2.24, 2.45) is 0 Å². The zero-order valence-electron chi connectivity index (χ0n) is 9.75. The maximum atomic E-state index is 11.3. The first-order valence-electron chi connectivity index (χ1n) is 6.08. The van der Waals surface area contributed by atoms with Gasteiger partial charge in [0, 0.05) is 17.8 Å². The van der Waals surface area contributed by atoms with Crippen LogP contribution in [0.15, 0.2) is 10.9 Å². The molecule has 1 aliphatic carbocycles. The first-order valence-corrected chi connectivity index (χ1v) is 6.08. The average molecular weight is 221 g/mol. The van der Waals surface area contributed by atoms with Crippen molar-refractivity contribution < 1.29 is 0 Å². The number of hydrogen-bond acceptors (Lipinski definition) is 3. The van der Waals surface area contributed by atoms with E-state index in [9.17, 15) is 4.79 Å². The molecule has 1 saturated carbocycles. The Morgan fingerprint density at radius 1 is 1.31 bits per heavy atom. The fourth-order valence-corrected chi connectivity index (χ4v) is 2.26. The molecule has 0 unspecified atom stereocenters. The number of nitrogens with one attached hydrogen (secondary N) is 2. The summed E-state index contributed by atoms with van der Waals surface area (Å²) in [5, 5.41) is 3.34. The lowest BCUT2D eigenvalue weighted by molar-refractivity contribution is 0.614. The summed E-state index contributed by atoms with van der Waals surface area (Å²) in [5.41, 5.74) is 0.684. The molecule has 4 heteroatoms. The van der Waals surface area contributed by atoms with Crippen LogP contribution in [0.3, 0.4) is 0 Å². The van der Waals surface area contributed by atoms with Crippen molar-refractivity contribution in [2.75, 3.05) is 5.32 Å². The number of nitrogens with zero attached hydrogens (tertiary/aromatic N) is 1. The predicted octanol–water partition coefficient (Wildman–Crippen LogP) is 2.21. The van der Waals surface area contributed by atoms with Gasteiger partial charge in [0.15, 0.2) is 0 Å². The highest BCUT2D eigenvalue weighted by molar-refractivity contribution is 5.26. The first kappa shape index (κ1) is 11.2. The van der Waals surface area contributed by atoms with Crippen LogP contribution in [0.1, 0.15) is 44.2 Å². The quantitative estimate of drug-likeness (QED) is 0.753. The van der Waals surface area contributed by atoms with Gasteiger partial charge in [0.1, 0.15) is 0 Å². The van der Waals surface area contributed by atoms with Crippen LogP contribution in [0.2, 0.25) is 0 Å². The van der Waals surface area contributed by atoms with E-state index in [1.807, 2.05) is 6.92 Å². The topological polar surface area (TPSA) is 57.8 Å². The van der Waals surface area contributed by atoms with E-state index in [0.717, 1.165) is 5.69 Å². The Morgan fingerprint density at radius 2 is 2.00 bits per heavy atom. The van der Waals surface area contributed by atoms with Gasteiger partial charge in [-0.05, 0) is 19.8 Å². The molecular formula is C12H19N3O. The van der Waals surface area contributed by atoms with Gasteiger partial charge in [0.05, 0.1) is 0 Å². The highest BCUT2D eigenvalue weighted by Gasteiger charge is 2.12. The number of anilines is 1. The minimum Gasteiger partial charge on any atom is -0.353 e. The van der Waals surface area contributed by atoms with Crippen LogP contribution in [0.25, 0.3) is 0 Å². The zero-order chi connectivity index (χ0) is 11.4. The molecule has 1 aromatic rings. The Morgan fingerprint density at radius 3 is 2.62 bits per heavy atom. The zero-order valence-corrected chi connectivity index (χ0v) is 9.75. The van der Waals surface area contributed by atoms with Crippen LogP contribution in [0.4, 0.5) is 5.95 Å². The van der Waals surface area contributed by atoms with E-state index in [1.165, 1.54) is 44.6 Å². The van der Waals surface area contributed by atoms with Gasteiger partial charge in [-0.1, -0.05) is 25.7 Å². The van der Waals surface area contributed by atoms with Crippen LogP contribution in [0, 0.1) is 6.92 Å². The normalized spacial score (nSPS) is 18.1. The Balaban J connectivity index is 2.04. The summed E-state index contributed by atoms with van der Waals surface area (Å²) in [6.07, 6.45) is 7.56. The summed E-state index contributed by atoms with van der Waals surface area (Å²) in [6.45, 7) is 1.84. The van der Waals surface area contributed by atoms with Crippen LogP contribution in [-0.4, -0.2) is 16.0 Å². The maximum absolute atomic E-state index is 11.3. The molecule has 1 aliphatic rings. The van der Waals surface area contributed by atoms with E-state index in [1.54, 1.807) is 0 Å². The van der Waals surface area contributed by atoms with Crippen LogP contribution in [-0.2, 0) is 0 Å². The summed E-state index contributed by atoms with van der Waals surface area (Å²) in [6, 6.07) is 1.98. The lowest BCUT2D eigenvalue weighted by atomic mass is 10.1. The van der Waals surface area contributed by atoms with E-state index in [2.05, 4.69) is 15.3 Å². The molecule has 0 bridgehead atoms. The van der Waals surface area contributed by atoms with E-state index in [0.29, 0.717) is 12.0 Å². The molecule has 1 fully saturated rings. The fourth-order valence-electron chi connectivity index (χ4n) is 2.26. The maximum Gasteiger partial charge on any atom is 0.252 e. The lowest BCUT2D eigenvalue weighted by Crippen LogP contribution is -2.22. The van der Waals surface area contributed by atoms with Gasteiger partial charge < -0.3 is 5.32 Å². The Bertz CT molecular complexity index is 391. The SMILES string of the molecule is Cc1cc(=O)[nH]c(NC2CCCCCC2)n1. The number of aromatic nitrogens is 2. The van der Waals surface area contributed by atoms with Gasteiger partial charge >= 0.3 is 0 Å². The van der Waals surface area contributed by atoms with Gasteiger partial charge in [0.2, 0.25) is 5.95 Å². The third-order valence-corrected chi connectivity index (χ3v) is 3.07. The monoisotopic (exact) mass is 221 g/mol. The summed E-state index contributed by atoms with van der Waals surface area (Å²) in [5.74, 6) is 0.622. The second-order valence-corrected chi connectivity index (χ2v) is 4.57. The van der Waals surface area contributed by atoms with Crippen molar-refractivity contribution in [1.29, 1.82) is 0 Å². The molecule has 88 valence electrons. The smallest absolute Gasteiger partial charge is 0.252 e. The van der Waals surface area contributed by atoms with Crippen molar-refractivity contribution in [3.05, 3.63) is 22.1 Å². The molecule has 0 spiro atoms. The predicted molar refractivity (Wildman–Crippen MR) is 64.7 cm³/mol. The highest BCUT2D eigenvalue weighted by atomic mass is 16.1. The second kappa shape index (κ2) is 5.14. The lowest BCUT2D eigenvalue weighted by Gasteiger charge is -2.16.